The molecule has 0 spiro atoms. The van der Waals surface area contributed by atoms with Crippen molar-refractivity contribution >= 4 is 35.1 Å². The first-order valence-electron chi connectivity index (χ1n) is 11.8. The third-order valence-corrected chi connectivity index (χ3v) is 6.48. The van der Waals surface area contributed by atoms with Crippen molar-refractivity contribution in [2.75, 3.05) is 31.1 Å². The van der Waals surface area contributed by atoms with E-state index in [1.807, 2.05) is 43.0 Å². The molecule has 1 aliphatic heterocycles. The number of aryl methyl sites for hydroxylation is 2. The summed E-state index contributed by atoms with van der Waals surface area (Å²) in [6.07, 6.45) is 4.74. The lowest BCUT2D eigenvalue weighted by molar-refractivity contribution is -0.384. The highest BCUT2D eigenvalue weighted by Gasteiger charge is 2.22. The van der Waals surface area contributed by atoms with Crippen LogP contribution >= 0.6 is 11.6 Å². The summed E-state index contributed by atoms with van der Waals surface area (Å²) < 4.78 is 0. The van der Waals surface area contributed by atoms with Crippen LogP contribution < -0.4 is 4.90 Å². The third-order valence-electron chi connectivity index (χ3n) is 6.23. The lowest BCUT2D eigenvalue weighted by Crippen LogP contribution is -2.35. The van der Waals surface area contributed by atoms with Gasteiger partial charge >= 0.3 is 0 Å². The molecule has 0 N–H and O–H groups in total. The summed E-state index contributed by atoms with van der Waals surface area (Å²) in [6, 6.07) is 13.9. The molecule has 1 aliphatic rings. The second-order valence-electron chi connectivity index (χ2n) is 8.81. The molecular weight excluding hydrogens is 478 g/mol. The number of hydrogen-bond donors (Lipinski definition) is 0. The SMILES string of the molecule is Cc1nc(C)c(Cc2ccc(Cl)cc2)c(N2CCCN(C(=O)/C=C/c3ccc([N+](=O)[O-])cc3)CC2)n1. The number of rotatable bonds is 6. The van der Waals surface area contributed by atoms with E-state index >= 15 is 0 Å². The Morgan fingerprint density at radius 2 is 1.75 bits per heavy atom. The standard InChI is InChI=1S/C27H28ClN5O3/c1-19-25(18-22-4-9-23(28)10-5-22)27(30-20(2)29-19)32-15-3-14-31(16-17-32)26(34)13-8-21-6-11-24(12-7-21)33(35)36/h4-13H,3,14-18H2,1-2H3/b13-8+. The first kappa shape index (κ1) is 25.3. The maximum Gasteiger partial charge on any atom is 0.269 e. The van der Waals surface area contributed by atoms with Crippen molar-refractivity contribution in [1.29, 1.82) is 0 Å². The molecule has 0 unspecified atom stereocenters. The van der Waals surface area contributed by atoms with Crippen LogP contribution in [0.1, 0.15) is 34.6 Å². The second kappa shape index (κ2) is 11.3. The van der Waals surface area contributed by atoms with E-state index < -0.39 is 4.92 Å². The van der Waals surface area contributed by atoms with Crippen LogP contribution in [0.3, 0.4) is 0 Å². The van der Waals surface area contributed by atoms with Gasteiger partial charge in [0.2, 0.25) is 5.91 Å². The predicted octanol–water partition coefficient (Wildman–Crippen LogP) is 5.00. The van der Waals surface area contributed by atoms with Gasteiger partial charge in [-0.1, -0.05) is 23.7 Å². The summed E-state index contributed by atoms with van der Waals surface area (Å²) >= 11 is 6.06. The number of halogens is 1. The Bertz CT molecular complexity index is 1280. The van der Waals surface area contributed by atoms with Gasteiger partial charge in [0, 0.05) is 67.1 Å². The third kappa shape index (κ3) is 6.26. The monoisotopic (exact) mass is 505 g/mol. The zero-order chi connectivity index (χ0) is 25.7. The van der Waals surface area contributed by atoms with Crippen LogP contribution in [0.15, 0.2) is 54.6 Å². The maximum absolute atomic E-state index is 12.9. The van der Waals surface area contributed by atoms with E-state index in [-0.39, 0.29) is 11.6 Å². The number of nitrogens with zero attached hydrogens (tertiary/aromatic N) is 5. The largest absolute Gasteiger partial charge is 0.354 e. The number of aromatic nitrogens is 2. The zero-order valence-corrected chi connectivity index (χ0v) is 21.1. The molecule has 0 radical (unpaired) electrons. The molecule has 2 aromatic carbocycles. The Kier molecular flexibility index (Phi) is 7.95. The summed E-state index contributed by atoms with van der Waals surface area (Å²) in [5.74, 6) is 1.57. The van der Waals surface area contributed by atoms with E-state index in [4.69, 9.17) is 16.6 Å². The molecule has 9 heteroatoms. The van der Waals surface area contributed by atoms with Gasteiger partial charge in [0.05, 0.1) is 4.92 Å². The fourth-order valence-corrected chi connectivity index (χ4v) is 4.45. The summed E-state index contributed by atoms with van der Waals surface area (Å²) in [4.78, 5) is 36.7. The van der Waals surface area contributed by atoms with Gasteiger partial charge in [0.15, 0.2) is 0 Å². The van der Waals surface area contributed by atoms with Crippen LogP contribution in [0, 0.1) is 24.0 Å². The van der Waals surface area contributed by atoms with Gasteiger partial charge in [-0.2, -0.15) is 0 Å². The molecule has 3 aromatic rings. The number of amides is 1. The van der Waals surface area contributed by atoms with Crippen molar-refractivity contribution in [3.63, 3.8) is 0 Å². The highest BCUT2D eigenvalue weighted by Crippen LogP contribution is 2.26. The lowest BCUT2D eigenvalue weighted by Gasteiger charge is -2.26. The van der Waals surface area contributed by atoms with Crippen LogP contribution in [0.25, 0.3) is 6.08 Å². The number of carbonyl (C=O) groups excluding carboxylic acids is 1. The average Bonchev–Trinajstić information content (AvgIpc) is 3.12. The van der Waals surface area contributed by atoms with Gasteiger partial charge in [0.25, 0.3) is 5.69 Å². The molecule has 4 rings (SSSR count). The lowest BCUT2D eigenvalue weighted by atomic mass is 10.0. The Hall–Kier alpha value is -3.78. The first-order valence-corrected chi connectivity index (χ1v) is 12.2. The van der Waals surface area contributed by atoms with Crippen molar-refractivity contribution in [2.24, 2.45) is 0 Å². The van der Waals surface area contributed by atoms with Crippen molar-refractivity contribution in [3.8, 4) is 0 Å². The highest BCUT2D eigenvalue weighted by atomic mass is 35.5. The van der Waals surface area contributed by atoms with Gasteiger partial charge in [-0.3, -0.25) is 14.9 Å². The van der Waals surface area contributed by atoms with Crippen LogP contribution in [0.4, 0.5) is 11.5 Å². The van der Waals surface area contributed by atoms with Gasteiger partial charge in [-0.15, -0.1) is 0 Å². The van der Waals surface area contributed by atoms with E-state index in [2.05, 4.69) is 9.88 Å². The fourth-order valence-electron chi connectivity index (χ4n) is 4.32. The van der Waals surface area contributed by atoms with Gasteiger partial charge in [-0.05, 0) is 61.7 Å². The van der Waals surface area contributed by atoms with Crippen molar-refractivity contribution < 1.29 is 9.72 Å². The van der Waals surface area contributed by atoms with E-state index in [1.165, 1.54) is 18.2 Å². The molecule has 1 saturated heterocycles. The number of anilines is 1. The Morgan fingerprint density at radius 3 is 2.44 bits per heavy atom. The van der Waals surface area contributed by atoms with Crippen molar-refractivity contribution in [1.82, 2.24) is 14.9 Å². The van der Waals surface area contributed by atoms with E-state index in [9.17, 15) is 14.9 Å². The van der Waals surface area contributed by atoms with E-state index in [0.717, 1.165) is 47.0 Å². The summed E-state index contributed by atoms with van der Waals surface area (Å²) in [6.45, 7) is 6.60. The molecular formula is C27H28ClN5O3. The topological polar surface area (TPSA) is 92.5 Å². The normalized spacial score (nSPS) is 14.2. The molecule has 1 amide bonds. The van der Waals surface area contributed by atoms with Crippen molar-refractivity contribution in [3.05, 3.63) is 98.0 Å². The number of carbonyl (C=O) groups is 1. The second-order valence-corrected chi connectivity index (χ2v) is 9.25. The molecule has 36 heavy (non-hydrogen) atoms. The molecule has 1 aromatic heterocycles. The summed E-state index contributed by atoms with van der Waals surface area (Å²) in [5.41, 5.74) is 3.94. The number of nitro groups is 1. The van der Waals surface area contributed by atoms with Gasteiger partial charge in [0.1, 0.15) is 11.6 Å². The number of non-ortho nitro benzene ring substituents is 1. The smallest absolute Gasteiger partial charge is 0.269 e. The molecule has 186 valence electrons. The highest BCUT2D eigenvalue weighted by molar-refractivity contribution is 6.30. The van der Waals surface area contributed by atoms with Gasteiger partial charge < -0.3 is 9.80 Å². The minimum Gasteiger partial charge on any atom is -0.354 e. The van der Waals surface area contributed by atoms with E-state index in [0.29, 0.717) is 31.1 Å². The Morgan fingerprint density at radius 1 is 1.03 bits per heavy atom. The number of benzene rings is 2. The summed E-state index contributed by atoms with van der Waals surface area (Å²) in [5, 5.41) is 11.5. The molecule has 0 atom stereocenters. The Labute approximate surface area is 215 Å². The summed E-state index contributed by atoms with van der Waals surface area (Å²) in [7, 11) is 0. The molecule has 2 heterocycles. The van der Waals surface area contributed by atoms with E-state index in [1.54, 1.807) is 18.2 Å². The minimum atomic E-state index is -0.441. The fraction of sp³-hybridized carbons (Fsp3) is 0.296. The first-order chi connectivity index (χ1) is 17.3. The quantitative estimate of drug-likeness (QED) is 0.266. The zero-order valence-electron chi connectivity index (χ0n) is 20.4. The molecule has 0 aliphatic carbocycles. The van der Waals surface area contributed by atoms with Crippen LogP contribution in [-0.4, -0.2) is 51.9 Å². The van der Waals surface area contributed by atoms with Crippen LogP contribution in [0.2, 0.25) is 5.02 Å². The molecule has 1 fully saturated rings. The minimum absolute atomic E-state index is 0.0247. The average molecular weight is 506 g/mol. The number of hydrogen-bond acceptors (Lipinski definition) is 6. The molecule has 8 nitrogen and oxygen atoms in total. The predicted molar refractivity (Wildman–Crippen MR) is 141 cm³/mol. The van der Waals surface area contributed by atoms with Crippen molar-refractivity contribution in [2.45, 2.75) is 26.7 Å². The molecule has 0 bridgehead atoms. The molecule has 0 saturated carbocycles. The van der Waals surface area contributed by atoms with Gasteiger partial charge in [-0.25, -0.2) is 9.97 Å². The van der Waals surface area contributed by atoms with Crippen LogP contribution in [-0.2, 0) is 11.2 Å². The Balaban J connectivity index is 1.46. The maximum atomic E-state index is 12.9. The van der Waals surface area contributed by atoms with Crippen LogP contribution in [0.5, 0.6) is 0 Å². The number of nitro benzene ring substituents is 1.